The molecule has 0 amide bonds. The van der Waals surface area contributed by atoms with Crippen LogP contribution < -0.4 is 5.73 Å². The SMILES string of the molecule is CC1CN(C(N)=NCc2ccn(C)n2)CCO1. The van der Waals surface area contributed by atoms with Crippen LogP contribution in [-0.4, -0.2) is 46.4 Å². The van der Waals surface area contributed by atoms with E-state index in [0.29, 0.717) is 19.1 Å². The quantitative estimate of drug-likeness (QED) is 0.578. The number of aromatic nitrogens is 2. The highest BCUT2D eigenvalue weighted by Gasteiger charge is 2.17. The fourth-order valence-corrected chi connectivity index (χ4v) is 1.84. The summed E-state index contributed by atoms with van der Waals surface area (Å²) in [6.07, 6.45) is 2.12. The third-order valence-electron chi connectivity index (χ3n) is 2.74. The molecule has 0 spiro atoms. The fourth-order valence-electron chi connectivity index (χ4n) is 1.84. The molecule has 1 aromatic heterocycles. The van der Waals surface area contributed by atoms with Crippen LogP contribution in [0.5, 0.6) is 0 Å². The van der Waals surface area contributed by atoms with Crippen molar-refractivity contribution < 1.29 is 4.74 Å². The molecule has 1 aromatic rings. The molecule has 94 valence electrons. The first-order valence-corrected chi connectivity index (χ1v) is 5.80. The van der Waals surface area contributed by atoms with E-state index in [9.17, 15) is 0 Å². The second-order valence-electron chi connectivity index (χ2n) is 4.28. The first kappa shape index (κ1) is 11.9. The number of hydrogen-bond acceptors (Lipinski definition) is 3. The molecule has 6 heteroatoms. The summed E-state index contributed by atoms with van der Waals surface area (Å²) in [7, 11) is 1.89. The molecule has 2 N–H and O–H groups in total. The zero-order chi connectivity index (χ0) is 12.3. The van der Waals surface area contributed by atoms with Crippen molar-refractivity contribution in [3.05, 3.63) is 18.0 Å². The fraction of sp³-hybridized carbons (Fsp3) is 0.636. The van der Waals surface area contributed by atoms with Crippen LogP contribution in [0.25, 0.3) is 0 Å². The van der Waals surface area contributed by atoms with Gasteiger partial charge in [0.2, 0.25) is 0 Å². The van der Waals surface area contributed by atoms with Gasteiger partial charge < -0.3 is 15.4 Å². The van der Waals surface area contributed by atoms with E-state index in [1.54, 1.807) is 4.68 Å². The summed E-state index contributed by atoms with van der Waals surface area (Å²) < 4.78 is 7.22. The van der Waals surface area contributed by atoms with Gasteiger partial charge in [0.05, 0.1) is 24.9 Å². The van der Waals surface area contributed by atoms with E-state index in [1.165, 1.54) is 0 Å². The van der Waals surface area contributed by atoms with Gasteiger partial charge in [-0.15, -0.1) is 0 Å². The summed E-state index contributed by atoms with van der Waals surface area (Å²) in [5.74, 6) is 0.575. The lowest BCUT2D eigenvalue weighted by Crippen LogP contribution is -2.47. The van der Waals surface area contributed by atoms with Crippen LogP contribution in [-0.2, 0) is 18.3 Å². The van der Waals surface area contributed by atoms with Crippen molar-refractivity contribution in [1.29, 1.82) is 0 Å². The van der Waals surface area contributed by atoms with Gasteiger partial charge in [0.25, 0.3) is 0 Å². The molecule has 2 heterocycles. The maximum atomic E-state index is 5.95. The maximum Gasteiger partial charge on any atom is 0.191 e. The highest BCUT2D eigenvalue weighted by molar-refractivity contribution is 5.78. The van der Waals surface area contributed by atoms with Gasteiger partial charge >= 0.3 is 0 Å². The number of nitrogens with zero attached hydrogens (tertiary/aromatic N) is 4. The van der Waals surface area contributed by atoms with Crippen LogP contribution in [0.15, 0.2) is 17.3 Å². The van der Waals surface area contributed by atoms with E-state index >= 15 is 0 Å². The molecule has 6 nitrogen and oxygen atoms in total. The van der Waals surface area contributed by atoms with E-state index < -0.39 is 0 Å². The molecule has 1 unspecified atom stereocenters. The third-order valence-corrected chi connectivity index (χ3v) is 2.74. The number of rotatable bonds is 2. The van der Waals surface area contributed by atoms with Crippen molar-refractivity contribution in [2.45, 2.75) is 19.6 Å². The molecule has 1 fully saturated rings. The van der Waals surface area contributed by atoms with Gasteiger partial charge in [-0.25, -0.2) is 4.99 Å². The highest BCUT2D eigenvalue weighted by Crippen LogP contribution is 2.04. The molecular weight excluding hydrogens is 218 g/mol. The van der Waals surface area contributed by atoms with Gasteiger partial charge in [-0.1, -0.05) is 0 Å². The number of morpholine rings is 1. The van der Waals surface area contributed by atoms with Crippen LogP contribution in [0.4, 0.5) is 0 Å². The summed E-state index contributed by atoms with van der Waals surface area (Å²) in [6, 6.07) is 1.94. The maximum absolute atomic E-state index is 5.95. The van der Waals surface area contributed by atoms with Gasteiger partial charge in [-0.3, -0.25) is 4.68 Å². The molecule has 1 saturated heterocycles. The molecule has 1 aliphatic rings. The molecule has 0 aromatic carbocycles. The minimum Gasteiger partial charge on any atom is -0.375 e. The lowest BCUT2D eigenvalue weighted by Gasteiger charge is -2.31. The van der Waals surface area contributed by atoms with Crippen molar-refractivity contribution in [3.8, 4) is 0 Å². The van der Waals surface area contributed by atoms with E-state index in [-0.39, 0.29) is 6.10 Å². The minimum atomic E-state index is 0.215. The summed E-state index contributed by atoms with van der Waals surface area (Å²) in [6.45, 7) is 4.89. The van der Waals surface area contributed by atoms with E-state index in [4.69, 9.17) is 10.5 Å². The Morgan fingerprint density at radius 3 is 3.18 bits per heavy atom. The normalized spacial score (nSPS) is 21.9. The van der Waals surface area contributed by atoms with Gasteiger partial charge in [0, 0.05) is 26.3 Å². The van der Waals surface area contributed by atoms with Crippen LogP contribution >= 0.6 is 0 Å². The number of aliphatic imine (C=N–C) groups is 1. The summed E-state index contributed by atoms with van der Waals surface area (Å²) in [5, 5.41) is 4.25. The Labute approximate surface area is 101 Å². The highest BCUT2D eigenvalue weighted by atomic mass is 16.5. The Morgan fingerprint density at radius 2 is 2.53 bits per heavy atom. The number of aryl methyl sites for hydroxylation is 1. The van der Waals surface area contributed by atoms with Crippen LogP contribution in [0, 0.1) is 0 Å². The lowest BCUT2D eigenvalue weighted by atomic mass is 10.3. The predicted octanol–water partition coefficient (Wildman–Crippen LogP) is -0.0445. The summed E-state index contributed by atoms with van der Waals surface area (Å²) >= 11 is 0. The van der Waals surface area contributed by atoms with E-state index in [2.05, 4.69) is 15.0 Å². The Hall–Kier alpha value is -1.56. The molecule has 1 atom stereocenters. The standard InChI is InChI=1S/C11H19N5O/c1-9-8-16(5-6-17-9)11(12)13-7-10-3-4-15(2)14-10/h3-4,9H,5-8H2,1-2H3,(H2,12,13). The molecule has 2 rings (SSSR count). The largest absolute Gasteiger partial charge is 0.375 e. The first-order chi connectivity index (χ1) is 8.15. The average Bonchev–Trinajstić information content (AvgIpc) is 2.72. The Balaban J connectivity index is 1.92. The Kier molecular flexibility index (Phi) is 3.63. The monoisotopic (exact) mass is 237 g/mol. The van der Waals surface area contributed by atoms with Gasteiger partial charge in [-0.05, 0) is 13.0 Å². The second-order valence-corrected chi connectivity index (χ2v) is 4.28. The molecule has 0 bridgehead atoms. The van der Waals surface area contributed by atoms with Gasteiger partial charge in [0.1, 0.15) is 0 Å². The van der Waals surface area contributed by atoms with Gasteiger partial charge in [0.15, 0.2) is 5.96 Å². The molecule has 0 aliphatic carbocycles. The van der Waals surface area contributed by atoms with Crippen LogP contribution in [0.1, 0.15) is 12.6 Å². The number of guanidine groups is 1. The van der Waals surface area contributed by atoms with E-state index in [1.807, 2.05) is 26.2 Å². The Bertz CT molecular complexity index is 400. The van der Waals surface area contributed by atoms with Crippen molar-refractivity contribution in [2.75, 3.05) is 19.7 Å². The smallest absolute Gasteiger partial charge is 0.191 e. The molecular formula is C11H19N5O. The van der Waals surface area contributed by atoms with Crippen molar-refractivity contribution >= 4 is 5.96 Å². The lowest BCUT2D eigenvalue weighted by molar-refractivity contribution is 0.00528. The van der Waals surface area contributed by atoms with E-state index in [0.717, 1.165) is 18.8 Å². The average molecular weight is 237 g/mol. The molecule has 0 radical (unpaired) electrons. The topological polar surface area (TPSA) is 68.7 Å². The third kappa shape index (κ3) is 3.20. The zero-order valence-electron chi connectivity index (χ0n) is 10.3. The zero-order valence-corrected chi connectivity index (χ0v) is 10.3. The van der Waals surface area contributed by atoms with Crippen LogP contribution in [0.2, 0.25) is 0 Å². The molecule has 0 saturated carbocycles. The predicted molar refractivity (Wildman–Crippen MR) is 65.5 cm³/mol. The summed E-state index contributed by atoms with van der Waals surface area (Å²) in [4.78, 5) is 6.41. The number of hydrogen-bond donors (Lipinski definition) is 1. The summed E-state index contributed by atoms with van der Waals surface area (Å²) in [5.41, 5.74) is 6.88. The van der Waals surface area contributed by atoms with Crippen molar-refractivity contribution in [2.24, 2.45) is 17.8 Å². The second kappa shape index (κ2) is 5.18. The van der Waals surface area contributed by atoms with Crippen molar-refractivity contribution in [3.63, 3.8) is 0 Å². The molecule has 17 heavy (non-hydrogen) atoms. The minimum absolute atomic E-state index is 0.215. The number of nitrogens with two attached hydrogens (primary N) is 1. The van der Waals surface area contributed by atoms with Gasteiger partial charge in [-0.2, -0.15) is 5.10 Å². The van der Waals surface area contributed by atoms with Crippen molar-refractivity contribution in [1.82, 2.24) is 14.7 Å². The Morgan fingerprint density at radius 1 is 1.71 bits per heavy atom. The first-order valence-electron chi connectivity index (χ1n) is 5.80. The van der Waals surface area contributed by atoms with Crippen LogP contribution in [0.3, 0.4) is 0 Å². The molecule has 1 aliphatic heterocycles. The number of ether oxygens (including phenoxy) is 1.